The summed E-state index contributed by atoms with van der Waals surface area (Å²) in [6, 6.07) is 7.55. The molecule has 0 aliphatic rings. The van der Waals surface area contributed by atoms with Gasteiger partial charge < -0.3 is 24.1 Å². The largest absolute Gasteiger partial charge is 0.494 e. The summed E-state index contributed by atoms with van der Waals surface area (Å²) in [6.07, 6.45) is 1.81. The van der Waals surface area contributed by atoms with Crippen molar-refractivity contribution in [1.82, 2.24) is 10.2 Å². The second-order valence-electron chi connectivity index (χ2n) is 6.22. The first-order valence-corrected chi connectivity index (χ1v) is 8.94. The van der Waals surface area contributed by atoms with Crippen LogP contribution in [-0.4, -0.2) is 50.0 Å². The number of carbonyl (C=O) groups excluding carboxylic acids is 3. The van der Waals surface area contributed by atoms with Gasteiger partial charge in [0.2, 0.25) is 0 Å². The average Bonchev–Trinajstić information content (AvgIpc) is 3.24. The molecule has 0 unspecified atom stereocenters. The number of hydrogen-bond acceptors (Lipinski definition) is 6. The Hall–Kier alpha value is -3.36. The fourth-order valence-electron chi connectivity index (χ4n) is 2.42. The molecule has 0 aliphatic carbocycles. The van der Waals surface area contributed by atoms with Crippen LogP contribution in [0.25, 0.3) is 0 Å². The maximum absolute atomic E-state index is 13.7. The Bertz CT molecular complexity index is 838. The molecule has 0 aliphatic heterocycles. The lowest BCUT2D eigenvalue weighted by Crippen LogP contribution is -2.31. The Kier molecular flexibility index (Phi) is 8.20. The van der Waals surface area contributed by atoms with Gasteiger partial charge in [0.1, 0.15) is 0 Å². The van der Waals surface area contributed by atoms with Gasteiger partial charge in [-0.1, -0.05) is 6.07 Å². The Morgan fingerprint density at radius 3 is 2.69 bits per heavy atom. The molecule has 2 aromatic rings. The van der Waals surface area contributed by atoms with Gasteiger partial charge in [-0.15, -0.1) is 0 Å². The van der Waals surface area contributed by atoms with Crippen molar-refractivity contribution >= 4 is 17.8 Å². The molecule has 0 bridgehead atoms. The SMILES string of the molecule is COc1ccc(CN(C)C(=O)COC(=O)CCCNC(=O)c2ccco2)cc1F. The van der Waals surface area contributed by atoms with Gasteiger partial charge in [-0.2, -0.15) is 0 Å². The van der Waals surface area contributed by atoms with Crippen LogP contribution in [0, 0.1) is 5.82 Å². The van der Waals surface area contributed by atoms with Gasteiger partial charge in [0, 0.05) is 26.6 Å². The fourth-order valence-corrected chi connectivity index (χ4v) is 2.42. The molecule has 1 heterocycles. The third-order valence-corrected chi connectivity index (χ3v) is 4.01. The summed E-state index contributed by atoms with van der Waals surface area (Å²) < 4.78 is 28.4. The van der Waals surface area contributed by atoms with Crippen molar-refractivity contribution in [2.45, 2.75) is 19.4 Å². The Morgan fingerprint density at radius 1 is 1.24 bits per heavy atom. The lowest BCUT2D eigenvalue weighted by Gasteiger charge is -2.17. The van der Waals surface area contributed by atoms with Crippen LogP contribution >= 0.6 is 0 Å². The molecule has 0 radical (unpaired) electrons. The summed E-state index contributed by atoms with van der Waals surface area (Å²) in [5.41, 5.74) is 0.581. The predicted molar refractivity (Wildman–Crippen MR) is 101 cm³/mol. The lowest BCUT2D eigenvalue weighted by atomic mass is 10.2. The van der Waals surface area contributed by atoms with Crippen LogP contribution in [0.2, 0.25) is 0 Å². The molecule has 0 fully saturated rings. The number of nitrogens with zero attached hydrogens (tertiary/aromatic N) is 1. The van der Waals surface area contributed by atoms with E-state index in [1.165, 1.54) is 43.5 Å². The van der Waals surface area contributed by atoms with Crippen molar-refractivity contribution in [3.8, 4) is 5.75 Å². The summed E-state index contributed by atoms with van der Waals surface area (Å²) in [6.45, 7) is 0.0222. The van der Waals surface area contributed by atoms with E-state index in [4.69, 9.17) is 13.9 Å². The van der Waals surface area contributed by atoms with Gasteiger partial charge >= 0.3 is 5.97 Å². The smallest absolute Gasteiger partial charge is 0.306 e. The minimum atomic E-state index is -0.547. The summed E-state index contributed by atoms with van der Waals surface area (Å²) in [7, 11) is 2.90. The number of carbonyl (C=O) groups is 3. The van der Waals surface area contributed by atoms with E-state index >= 15 is 0 Å². The zero-order chi connectivity index (χ0) is 21.2. The molecule has 156 valence electrons. The molecule has 0 saturated carbocycles. The number of rotatable bonds is 10. The number of esters is 1. The van der Waals surface area contributed by atoms with E-state index < -0.39 is 24.3 Å². The summed E-state index contributed by atoms with van der Waals surface area (Å²) in [5.74, 6) is -1.53. The fraction of sp³-hybridized carbons (Fsp3) is 0.350. The number of likely N-dealkylation sites (N-methyl/N-ethyl adjacent to an activating group) is 1. The first-order chi connectivity index (χ1) is 13.9. The van der Waals surface area contributed by atoms with Gasteiger partial charge in [-0.05, 0) is 36.2 Å². The van der Waals surface area contributed by atoms with Gasteiger partial charge in [0.05, 0.1) is 13.4 Å². The maximum Gasteiger partial charge on any atom is 0.306 e. The van der Waals surface area contributed by atoms with Crippen molar-refractivity contribution in [2.24, 2.45) is 0 Å². The zero-order valence-electron chi connectivity index (χ0n) is 16.3. The molecule has 9 heteroatoms. The first kappa shape index (κ1) is 21.9. The number of furan rings is 1. The molecule has 1 aromatic heterocycles. The van der Waals surface area contributed by atoms with Crippen LogP contribution in [0.15, 0.2) is 41.0 Å². The minimum absolute atomic E-state index is 0.0547. The van der Waals surface area contributed by atoms with Crippen LogP contribution < -0.4 is 10.1 Å². The van der Waals surface area contributed by atoms with E-state index in [1.807, 2.05) is 0 Å². The van der Waals surface area contributed by atoms with Gasteiger partial charge in [0.25, 0.3) is 11.8 Å². The molecule has 1 N–H and O–H groups in total. The van der Waals surface area contributed by atoms with Crippen LogP contribution in [0.4, 0.5) is 4.39 Å². The van der Waals surface area contributed by atoms with Crippen LogP contribution in [0.1, 0.15) is 29.0 Å². The van der Waals surface area contributed by atoms with Crippen LogP contribution in [-0.2, 0) is 20.9 Å². The number of amides is 2. The molecule has 29 heavy (non-hydrogen) atoms. The first-order valence-electron chi connectivity index (χ1n) is 8.94. The molecular formula is C20H23FN2O6. The highest BCUT2D eigenvalue weighted by Crippen LogP contribution is 2.18. The number of hydrogen-bond donors (Lipinski definition) is 1. The molecule has 0 atom stereocenters. The number of nitrogens with one attached hydrogen (secondary N) is 1. The van der Waals surface area contributed by atoms with Gasteiger partial charge in [0.15, 0.2) is 23.9 Å². The summed E-state index contributed by atoms with van der Waals surface area (Å²) >= 11 is 0. The molecule has 8 nitrogen and oxygen atoms in total. The molecule has 0 saturated heterocycles. The minimum Gasteiger partial charge on any atom is -0.494 e. The lowest BCUT2D eigenvalue weighted by molar-refractivity contribution is -0.151. The second kappa shape index (κ2) is 10.8. The predicted octanol–water partition coefficient (Wildman–Crippen LogP) is 2.14. The highest BCUT2D eigenvalue weighted by molar-refractivity contribution is 5.91. The Labute approximate surface area is 167 Å². The number of methoxy groups -OCH3 is 1. The van der Waals surface area contributed by atoms with E-state index in [2.05, 4.69) is 5.32 Å². The van der Waals surface area contributed by atoms with E-state index in [0.29, 0.717) is 12.0 Å². The van der Waals surface area contributed by atoms with E-state index in [1.54, 1.807) is 12.1 Å². The maximum atomic E-state index is 13.7. The van der Waals surface area contributed by atoms with Crippen LogP contribution in [0.3, 0.4) is 0 Å². The molecule has 2 amide bonds. The van der Waals surface area contributed by atoms with Crippen molar-refractivity contribution in [1.29, 1.82) is 0 Å². The van der Waals surface area contributed by atoms with E-state index in [-0.39, 0.29) is 36.9 Å². The third-order valence-electron chi connectivity index (χ3n) is 4.01. The topological polar surface area (TPSA) is 98.1 Å². The number of benzene rings is 1. The number of halogens is 1. The normalized spacial score (nSPS) is 10.3. The highest BCUT2D eigenvalue weighted by atomic mass is 19.1. The Morgan fingerprint density at radius 2 is 2.03 bits per heavy atom. The average molecular weight is 406 g/mol. The molecule has 0 spiro atoms. The van der Waals surface area contributed by atoms with Crippen molar-refractivity contribution in [3.05, 3.63) is 53.7 Å². The molecule has 2 rings (SSSR count). The van der Waals surface area contributed by atoms with Gasteiger partial charge in [-0.25, -0.2) is 4.39 Å². The monoisotopic (exact) mass is 406 g/mol. The second-order valence-corrected chi connectivity index (χ2v) is 6.22. The molecular weight excluding hydrogens is 383 g/mol. The summed E-state index contributed by atoms with van der Waals surface area (Å²) in [5, 5.41) is 2.61. The van der Waals surface area contributed by atoms with E-state index in [0.717, 1.165) is 0 Å². The summed E-state index contributed by atoms with van der Waals surface area (Å²) in [4.78, 5) is 36.8. The zero-order valence-corrected chi connectivity index (χ0v) is 16.3. The van der Waals surface area contributed by atoms with Crippen molar-refractivity contribution in [2.75, 3.05) is 27.3 Å². The van der Waals surface area contributed by atoms with Crippen molar-refractivity contribution in [3.63, 3.8) is 0 Å². The van der Waals surface area contributed by atoms with Crippen LogP contribution in [0.5, 0.6) is 5.75 Å². The van der Waals surface area contributed by atoms with Crippen molar-refractivity contribution < 1.29 is 32.7 Å². The third kappa shape index (κ3) is 6.95. The Balaban J connectivity index is 1.65. The quantitative estimate of drug-likeness (QED) is 0.480. The molecule has 1 aromatic carbocycles. The van der Waals surface area contributed by atoms with E-state index in [9.17, 15) is 18.8 Å². The highest BCUT2D eigenvalue weighted by Gasteiger charge is 2.14. The van der Waals surface area contributed by atoms with Gasteiger partial charge in [-0.3, -0.25) is 14.4 Å². The number of ether oxygens (including phenoxy) is 2. The standard InChI is InChI=1S/C20H23FN2O6/c1-23(12-14-7-8-16(27-2)15(21)11-14)18(24)13-29-19(25)6-3-9-22-20(26)17-5-4-10-28-17/h4-5,7-8,10-11H,3,6,9,12-13H2,1-2H3,(H,22,26).